The van der Waals surface area contributed by atoms with E-state index in [2.05, 4.69) is 16.0 Å². The van der Waals surface area contributed by atoms with Crippen molar-refractivity contribution in [2.24, 2.45) is 0 Å². The summed E-state index contributed by atoms with van der Waals surface area (Å²) < 4.78 is 140. The van der Waals surface area contributed by atoms with E-state index in [9.17, 15) is 42.8 Å². The molecule has 0 saturated carbocycles. The zero-order valence-corrected chi connectivity index (χ0v) is 37.1. The monoisotopic (exact) mass is 891 g/mol. The van der Waals surface area contributed by atoms with Gasteiger partial charge in [0, 0.05) is 63.2 Å². The highest BCUT2D eigenvalue weighted by Gasteiger charge is 2.44. The molecular weight excluding hydrogens is 835 g/mol. The highest BCUT2D eigenvalue weighted by molar-refractivity contribution is 7.89. The van der Waals surface area contributed by atoms with Crippen molar-refractivity contribution < 1.29 is 57.0 Å². The molecule has 1 heterocycles. The lowest BCUT2D eigenvalue weighted by Gasteiger charge is -2.33. The number of rotatable bonds is 25. The summed E-state index contributed by atoms with van der Waals surface area (Å²) in [4.78, 5) is 1.93. The van der Waals surface area contributed by atoms with Gasteiger partial charge in [-0.2, -0.15) is 16.8 Å². The summed E-state index contributed by atoms with van der Waals surface area (Å²) in [6, 6.07) is 9.37. The summed E-state index contributed by atoms with van der Waals surface area (Å²) in [5.41, 5.74) is 1.67. The fraction of sp³-hybridized carbons (Fsp3) is 0.526. The summed E-state index contributed by atoms with van der Waals surface area (Å²) in [6.45, 7) is 10.8. The molecule has 2 aromatic rings. The number of hydrogen-bond donors (Lipinski definition) is 4. The minimum atomic E-state index is -4.32. The van der Waals surface area contributed by atoms with E-state index >= 15 is 0 Å². The Morgan fingerprint density at radius 2 is 1.36 bits per heavy atom. The van der Waals surface area contributed by atoms with Gasteiger partial charge in [-0.15, -0.1) is 0 Å². The van der Waals surface area contributed by atoms with Gasteiger partial charge >= 0.3 is 0 Å². The van der Waals surface area contributed by atoms with Crippen LogP contribution in [-0.2, 0) is 65.3 Å². The van der Waals surface area contributed by atoms with Crippen molar-refractivity contribution in [3.05, 3.63) is 89.2 Å². The lowest BCUT2D eigenvalue weighted by atomic mass is 9.71. The van der Waals surface area contributed by atoms with Gasteiger partial charge in [-0.05, 0) is 98.2 Å². The van der Waals surface area contributed by atoms with Gasteiger partial charge in [0.15, 0.2) is 0 Å². The lowest BCUT2D eigenvalue weighted by Crippen LogP contribution is -2.31. The Morgan fingerprint density at radius 3 is 1.91 bits per heavy atom. The van der Waals surface area contributed by atoms with Crippen LogP contribution in [0.2, 0.25) is 0 Å². The molecule has 0 fully saturated rings. The second-order valence-corrected chi connectivity index (χ2v) is 21.1. The van der Waals surface area contributed by atoms with Gasteiger partial charge < -0.3 is 19.1 Å². The Labute approximate surface area is 344 Å². The average molecular weight is 892 g/mol. The van der Waals surface area contributed by atoms with Gasteiger partial charge in [-0.3, -0.25) is 9.11 Å². The number of hydrogen-bond acceptors (Lipinski definition) is 12. The first-order chi connectivity index (χ1) is 27.0. The Hall–Kier alpha value is -3.02. The topological polar surface area (TPSA) is 232 Å². The number of nitrogens with one attached hydrogen (secondary N) is 2. The van der Waals surface area contributed by atoms with E-state index < -0.39 is 62.6 Å². The molecule has 0 bridgehead atoms. The quantitative estimate of drug-likeness (QED) is 0.0631. The van der Waals surface area contributed by atoms with Crippen LogP contribution in [0.3, 0.4) is 0 Å². The standard InChI is InChI=1S/C38H57N3O13S4/c1-29-13-14-31(57(48,49)39-19-22-52-5)27-33(29)37(3,17-9-25-55(42,43)44)30(2)11-8-12-36-38(4,18-10-26-56(45,46)47)34-28-32(58(50,51)40-20-23-53-6)15-16-35(34)41(36)21-24-54-7/h8,11-16,27-28,39-40H,2,9-10,17-26H2,1,3-7H3,(H,42,43,44)(H,45,46,47)/b11-8+,36-12+. The Morgan fingerprint density at radius 1 is 0.828 bits per heavy atom. The third-order valence-corrected chi connectivity index (χ3v) is 14.8. The molecule has 2 aromatic carbocycles. The molecule has 16 nitrogen and oxygen atoms in total. The van der Waals surface area contributed by atoms with E-state index in [-0.39, 0.29) is 68.4 Å². The molecule has 0 spiro atoms. The van der Waals surface area contributed by atoms with Crippen LogP contribution < -0.4 is 14.3 Å². The Balaban J connectivity index is 2.20. The first kappa shape index (κ1) is 49.3. The summed E-state index contributed by atoms with van der Waals surface area (Å²) in [6.07, 6.45) is 5.63. The summed E-state index contributed by atoms with van der Waals surface area (Å²) in [7, 11) is -12.1. The molecule has 2 unspecified atom stereocenters. The minimum Gasteiger partial charge on any atom is -0.383 e. The number of aryl methyl sites for hydroxylation is 1. The molecule has 1 aliphatic rings. The molecular formula is C38H57N3O13S4. The first-order valence-corrected chi connectivity index (χ1v) is 24.6. The van der Waals surface area contributed by atoms with Crippen LogP contribution in [0.5, 0.6) is 0 Å². The van der Waals surface area contributed by atoms with Crippen LogP contribution in [0.1, 0.15) is 56.2 Å². The molecule has 4 N–H and O–H groups in total. The van der Waals surface area contributed by atoms with Crippen molar-refractivity contribution in [1.29, 1.82) is 0 Å². The molecule has 1 aliphatic heterocycles. The number of methoxy groups -OCH3 is 3. The van der Waals surface area contributed by atoms with E-state index in [1.165, 1.54) is 39.5 Å². The van der Waals surface area contributed by atoms with Crippen molar-refractivity contribution in [2.45, 2.75) is 67.1 Å². The van der Waals surface area contributed by atoms with Gasteiger partial charge in [0.1, 0.15) is 0 Å². The van der Waals surface area contributed by atoms with Crippen LogP contribution >= 0.6 is 0 Å². The normalized spacial score (nSPS) is 18.2. The third kappa shape index (κ3) is 13.0. The molecule has 326 valence electrons. The number of fused-ring (bicyclic) bond motifs is 1. The fourth-order valence-corrected chi connectivity index (χ4v) is 10.2. The molecule has 2 atom stereocenters. The van der Waals surface area contributed by atoms with Gasteiger partial charge in [0.25, 0.3) is 20.2 Å². The maximum absolute atomic E-state index is 13.3. The van der Waals surface area contributed by atoms with Crippen LogP contribution in [0.25, 0.3) is 0 Å². The van der Waals surface area contributed by atoms with Crippen LogP contribution in [0.4, 0.5) is 5.69 Å². The zero-order chi connectivity index (χ0) is 43.6. The predicted molar refractivity (Wildman–Crippen MR) is 223 cm³/mol. The van der Waals surface area contributed by atoms with Gasteiger partial charge in [0.2, 0.25) is 20.0 Å². The highest BCUT2D eigenvalue weighted by Crippen LogP contribution is 2.51. The van der Waals surface area contributed by atoms with Gasteiger partial charge in [-0.1, -0.05) is 31.7 Å². The fourth-order valence-electron chi connectivity index (χ4n) is 7.09. The SMILES string of the molecule is C=C(/C=C/C=C1/N(CCOC)c2ccc(S(=O)(=O)NCCOC)cc2C1(C)CCCS(=O)(=O)O)C(C)(CCCS(=O)(=O)O)c1cc(S(=O)(=O)NCCOC)ccc1C. The van der Waals surface area contributed by atoms with Crippen LogP contribution in [0.15, 0.2) is 82.3 Å². The Kier molecular flexibility index (Phi) is 17.4. The highest BCUT2D eigenvalue weighted by atomic mass is 32.2. The van der Waals surface area contributed by atoms with E-state index in [0.29, 0.717) is 40.2 Å². The van der Waals surface area contributed by atoms with Crippen molar-refractivity contribution in [2.75, 3.05) is 77.2 Å². The van der Waals surface area contributed by atoms with E-state index in [4.69, 9.17) is 14.2 Å². The third-order valence-electron chi connectivity index (χ3n) is 10.3. The zero-order valence-electron chi connectivity index (χ0n) is 33.9. The Bertz CT molecular complexity index is 2280. The summed E-state index contributed by atoms with van der Waals surface area (Å²) >= 11 is 0. The smallest absolute Gasteiger partial charge is 0.264 e. The molecule has 3 rings (SSSR count). The molecule has 0 aliphatic carbocycles. The summed E-state index contributed by atoms with van der Waals surface area (Å²) in [5, 5.41) is 0. The molecule has 0 amide bonds. The van der Waals surface area contributed by atoms with Crippen molar-refractivity contribution in [3.63, 3.8) is 0 Å². The minimum absolute atomic E-state index is 0.00519. The number of anilines is 1. The largest absolute Gasteiger partial charge is 0.383 e. The predicted octanol–water partition coefficient (Wildman–Crippen LogP) is 3.86. The van der Waals surface area contributed by atoms with Crippen LogP contribution in [0, 0.1) is 6.92 Å². The van der Waals surface area contributed by atoms with Crippen molar-refractivity contribution in [1.82, 2.24) is 9.44 Å². The average Bonchev–Trinajstić information content (AvgIpc) is 3.35. The number of nitrogens with zero attached hydrogens (tertiary/aromatic N) is 1. The van der Waals surface area contributed by atoms with E-state index in [1.54, 1.807) is 43.4 Å². The second-order valence-electron chi connectivity index (χ2n) is 14.5. The first-order valence-electron chi connectivity index (χ1n) is 18.4. The molecule has 20 heteroatoms. The lowest BCUT2D eigenvalue weighted by molar-refractivity contribution is 0.204. The number of sulfonamides is 2. The van der Waals surface area contributed by atoms with Crippen molar-refractivity contribution >= 4 is 46.0 Å². The number of benzene rings is 2. The van der Waals surface area contributed by atoms with Crippen molar-refractivity contribution in [3.8, 4) is 0 Å². The maximum Gasteiger partial charge on any atom is 0.264 e. The van der Waals surface area contributed by atoms with Crippen LogP contribution in [-0.4, -0.2) is 115 Å². The molecule has 0 radical (unpaired) electrons. The number of ether oxygens (including phenoxy) is 3. The van der Waals surface area contributed by atoms with Gasteiger partial charge in [0.05, 0.1) is 41.1 Å². The maximum atomic E-state index is 13.3. The molecule has 0 saturated heterocycles. The molecule has 58 heavy (non-hydrogen) atoms. The number of allylic oxidation sites excluding steroid dienone is 5. The van der Waals surface area contributed by atoms with E-state index in [1.807, 2.05) is 18.7 Å². The van der Waals surface area contributed by atoms with E-state index in [0.717, 1.165) is 0 Å². The summed E-state index contributed by atoms with van der Waals surface area (Å²) in [5.74, 6) is -1.06. The van der Waals surface area contributed by atoms with Gasteiger partial charge in [-0.25, -0.2) is 26.3 Å². The molecule has 0 aromatic heterocycles. The second kappa shape index (κ2) is 20.5.